The molecule has 2 amide bonds. The number of hydrogen-bond donors (Lipinski definition) is 2. The molecule has 0 unspecified atom stereocenters. The largest absolute Gasteiger partial charge is 0.478 e. The number of nitrogens with zero attached hydrogens (tertiary/aromatic N) is 1. The Balaban J connectivity index is 2.11. The third kappa shape index (κ3) is 3.21. The van der Waals surface area contributed by atoms with Crippen molar-refractivity contribution in [2.75, 3.05) is 18.4 Å². The van der Waals surface area contributed by atoms with E-state index in [1.165, 1.54) is 0 Å². The van der Waals surface area contributed by atoms with Gasteiger partial charge < -0.3 is 15.3 Å². The van der Waals surface area contributed by atoms with Gasteiger partial charge >= 0.3 is 12.0 Å². The molecule has 0 saturated carbocycles. The first-order valence-electron chi connectivity index (χ1n) is 6.16. The van der Waals surface area contributed by atoms with Gasteiger partial charge in [0.2, 0.25) is 0 Å². The van der Waals surface area contributed by atoms with Crippen LogP contribution in [-0.4, -0.2) is 35.1 Å². The van der Waals surface area contributed by atoms with E-state index >= 15 is 0 Å². The van der Waals surface area contributed by atoms with Crippen LogP contribution in [0.2, 0.25) is 0 Å². The average Bonchev–Trinajstić information content (AvgIpc) is 2.42. The first kappa shape index (κ1) is 13.3. The molecule has 0 radical (unpaired) electrons. The number of carbonyl (C=O) groups is 2. The molecule has 5 nitrogen and oxygen atoms in total. The Hall–Kier alpha value is -2.11. The van der Waals surface area contributed by atoms with E-state index in [-0.39, 0.29) is 17.3 Å². The van der Waals surface area contributed by atoms with Gasteiger partial charge in [0.05, 0.1) is 11.3 Å². The fourth-order valence-electron chi connectivity index (χ4n) is 2.05. The van der Waals surface area contributed by atoms with Crippen molar-refractivity contribution in [3.8, 4) is 0 Å². The molecule has 0 atom stereocenters. The second-order valence-electron chi connectivity index (χ2n) is 4.48. The summed E-state index contributed by atoms with van der Waals surface area (Å²) in [5.41, 5.74) is -0.161. The van der Waals surface area contributed by atoms with Gasteiger partial charge in [-0.05, 0) is 37.5 Å². The minimum atomic E-state index is -1.16. The van der Waals surface area contributed by atoms with Crippen LogP contribution in [0.4, 0.5) is 14.9 Å². The van der Waals surface area contributed by atoms with E-state index in [1.807, 2.05) is 0 Å². The lowest BCUT2D eigenvalue weighted by atomic mass is 10.1. The van der Waals surface area contributed by atoms with Crippen molar-refractivity contribution in [1.29, 1.82) is 0 Å². The fourth-order valence-corrected chi connectivity index (χ4v) is 2.05. The number of urea groups is 1. The van der Waals surface area contributed by atoms with Crippen molar-refractivity contribution in [1.82, 2.24) is 4.90 Å². The van der Waals surface area contributed by atoms with Gasteiger partial charge in [0.15, 0.2) is 0 Å². The SMILES string of the molecule is O=C(O)c1ccc(F)c(NC(=O)N2CCCCC2)c1. The lowest BCUT2D eigenvalue weighted by Gasteiger charge is -2.26. The zero-order chi connectivity index (χ0) is 13.8. The standard InChI is InChI=1S/C13H15FN2O3/c14-10-5-4-9(12(17)18)8-11(10)15-13(19)16-6-2-1-3-7-16/h4-5,8H,1-3,6-7H2,(H,15,19)(H,17,18). The minimum Gasteiger partial charge on any atom is -0.478 e. The predicted molar refractivity (Wildman–Crippen MR) is 67.8 cm³/mol. The van der Waals surface area contributed by atoms with E-state index < -0.39 is 11.8 Å². The lowest BCUT2D eigenvalue weighted by Crippen LogP contribution is -2.38. The van der Waals surface area contributed by atoms with Crippen molar-refractivity contribution in [2.24, 2.45) is 0 Å². The van der Waals surface area contributed by atoms with E-state index in [4.69, 9.17) is 5.11 Å². The number of anilines is 1. The minimum absolute atomic E-state index is 0.0599. The summed E-state index contributed by atoms with van der Waals surface area (Å²) in [5.74, 6) is -1.80. The third-order valence-corrected chi connectivity index (χ3v) is 3.10. The Kier molecular flexibility index (Phi) is 3.99. The van der Waals surface area contributed by atoms with Crippen LogP contribution in [0.25, 0.3) is 0 Å². The van der Waals surface area contributed by atoms with Crippen LogP contribution in [0.15, 0.2) is 18.2 Å². The monoisotopic (exact) mass is 266 g/mol. The van der Waals surface area contributed by atoms with Gasteiger partial charge in [-0.25, -0.2) is 14.0 Å². The lowest BCUT2D eigenvalue weighted by molar-refractivity contribution is 0.0697. The van der Waals surface area contributed by atoms with Crippen LogP contribution >= 0.6 is 0 Å². The molecule has 19 heavy (non-hydrogen) atoms. The summed E-state index contributed by atoms with van der Waals surface area (Å²) < 4.78 is 13.5. The molecule has 0 bridgehead atoms. The van der Waals surface area contributed by atoms with E-state index in [9.17, 15) is 14.0 Å². The predicted octanol–water partition coefficient (Wildman–Crippen LogP) is 2.54. The number of carboxylic acid groups (broad SMARTS) is 1. The Bertz CT molecular complexity index is 499. The number of aromatic carboxylic acids is 1. The van der Waals surface area contributed by atoms with Gasteiger partial charge in [-0.15, -0.1) is 0 Å². The summed E-state index contributed by atoms with van der Waals surface area (Å²) in [6.07, 6.45) is 2.96. The highest BCUT2D eigenvalue weighted by molar-refractivity contribution is 5.93. The molecule has 2 rings (SSSR count). The number of benzene rings is 1. The number of hydrogen-bond acceptors (Lipinski definition) is 2. The highest BCUT2D eigenvalue weighted by atomic mass is 19.1. The van der Waals surface area contributed by atoms with Gasteiger partial charge in [0.1, 0.15) is 5.82 Å². The molecule has 2 N–H and O–H groups in total. The van der Waals surface area contributed by atoms with Gasteiger partial charge in [-0.1, -0.05) is 0 Å². The summed E-state index contributed by atoms with van der Waals surface area (Å²) in [5, 5.41) is 11.3. The fraction of sp³-hybridized carbons (Fsp3) is 0.385. The molecule has 0 aromatic heterocycles. The van der Waals surface area contributed by atoms with Gasteiger partial charge in [-0.2, -0.15) is 0 Å². The zero-order valence-corrected chi connectivity index (χ0v) is 10.4. The molecule has 1 heterocycles. The van der Waals surface area contributed by atoms with Crippen LogP contribution in [-0.2, 0) is 0 Å². The summed E-state index contributed by atoms with van der Waals surface area (Å²) >= 11 is 0. The van der Waals surface area contributed by atoms with Crippen LogP contribution in [0.1, 0.15) is 29.6 Å². The smallest absolute Gasteiger partial charge is 0.335 e. The molecule has 1 saturated heterocycles. The van der Waals surface area contributed by atoms with Crippen LogP contribution < -0.4 is 5.32 Å². The summed E-state index contributed by atoms with van der Waals surface area (Å²) in [7, 11) is 0. The molecule has 6 heteroatoms. The van der Waals surface area contributed by atoms with Crippen LogP contribution in [0, 0.1) is 5.82 Å². The van der Waals surface area contributed by atoms with Gasteiger partial charge in [0, 0.05) is 13.1 Å². The Morgan fingerprint density at radius 2 is 1.89 bits per heavy atom. The highest BCUT2D eigenvalue weighted by Gasteiger charge is 2.18. The van der Waals surface area contributed by atoms with Crippen LogP contribution in [0.3, 0.4) is 0 Å². The first-order chi connectivity index (χ1) is 9.08. The number of piperidine rings is 1. The van der Waals surface area contributed by atoms with Crippen molar-refractivity contribution in [2.45, 2.75) is 19.3 Å². The van der Waals surface area contributed by atoms with Crippen molar-refractivity contribution in [3.05, 3.63) is 29.6 Å². The molecule has 0 aliphatic carbocycles. The zero-order valence-electron chi connectivity index (χ0n) is 10.4. The maximum absolute atomic E-state index is 13.5. The Morgan fingerprint density at radius 3 is 2.53 bits per heavy atom. The molecular weight excluding hydrogens is 251 g/mol. The number of carboxylic acids is 1. The summed E-state index contributed by atoms with van der Waals surface area (Å²) in [6, 6.07) is 2.93. The Morgan fingerprint density at radius 1 is 1.21 bits per heavy atom. The van der Waals surface area contributed by atoms with Crippen molar-refractivity contribution < 1.29 is 19.1 Å². The van der Waals surface area contributed by atoms with Gasteiger partial charge in [-0.3, -0.25) is 0 Å². The second kappa shape index (κ2) is 5.69. The number of amides is 2. The average molecular weight is 266 g/mol. The van der Waals surface area contributed by atoms with Crippen LogP contribution in [0.5, 0.6) is 0 Å². The highest BCUT2D eigenvalue weighted by Crippen LogP contribution is 2.18. The first-order valence-corrected chi connectivity index (χ1v) is 6.16. The Labute approximate surface area is 110 Å². The number of rotatable bonds is 2. The summed E-state index contributed by atoms with van der Waals surface area (Å²) in [4.78, 5) is 24.3. The topological polar surface area (TPSA) is 69.6 Å². The normalized spacial score (nSPS) is 15.1. The molecule has 102 valence electrons. The number of nitrogens with one attached hydrogen (secondary N) is 1. The molecule has 1 aromatic carbocycles. The van der Waals surface area contributed by atoms with E-state index in [0.717, 1.165) is 37.5 Å². The summed E-state index contributed by atoms with van der Waals surface area (Å²) in [6.45, 7) is 1.29. The van der Waals surface area contributed by atoms with E-state index in [1.54, 1.807) is 4.90 Å². The van der Waals surface area contributed by atoms with E-state index in [2.05, 4.69) is 5.32 Å². The molecule has 1 fully saturated rings. The number of carbonyl (C=O) groups excluding carboxylic acids is 1. The number of halogens is 1. The van der Waals surface area contributed by atoms with Crippen molar-refractivity contribution >= 4 is 17.7 Å². The maximum Gasteiger partial charge on any atom is 0.335 e. The molecule has 1 aliphatic heterocycles. The van der Waals surface area contributed by atoms with Crippen molar-refractivity contribution in [3.63, 3.8) is 0 Å². The van der Waals surface area contributed by atoms with Gasteiger partial charge in [0.25, 0.3) is 0 Å². The second-order valence-corrected chi connectivity index (χ2v) is 4.48. The van der Waals surface area contributed by atoms with E-state index in [0.29, 0.717) is 13.1 Å². The molecule has 1 aliphatic rings. The molecule has 1 aromatic rings. The molecular formula is C13H15FN2O3. The quantitative estimate of drug-likeness (QED) is 0.864. The number of likely N-dealkylation sites (tertiary alicyclic amines) is 1. The molecule has 0 spiro atoms. The third-order valence-electron chi connectivity index (χ3n) is 3.10. The maximum atomic E-state index is 13.5.